The molecular formula is C32H35N3O6. The lowest BCUT2D eigenvalue weighted by Gasteiger charge is -2.18. The molecule has 0 saturated carbocycles. The van der Waals surface area contributed by atoms with Crippen LogP contribution in [0.4, 0.5) is 0 Å². The zero-order chi connectivity index (χ0) is 29.5. The number of para-hydroxylation sites is 2. The lowest BCUT2D eigenvalue weighted by molar-refractivity contribution is -0.145. The van der Waals surface area contributed by atoms with E-state index in [9.17, 15) is 9.59 Å². The van der Waals surface area contributed by atoms with Gasteiger partial charge in [0.2, 0.25) is 0 Å². The number of carbonyl (C=O) groups excluding carboxylic acids is 1. The summed E-state index contributed by atoms with van der Waals surface area (Å²) in [6.07, 6.45) is 1.50. The van der Waals surface area contributed by atoms with Gasteiger partial charge in [0.1, 0.15) is 5.75 Å². The fraction of sp³-hybridized carbons (Fsp3) is 0.312. The molecule has 9 heteroatoms. The van der Waals surface area contributed by atoms with Crippen molar-refractivity contribution in [3.8, 4) is 28.6 Å². The largest absolute Gasteiger partial charge is 0.494 e. The summed E-state index contributed by atoms with van der Waals surface area (Å²) in [7, 11) is 1.50. The van der Waals surface area contributed by atoms with Gasteiger partial charge in [0.05, 0.1) is 37.4 Å². The van der Waals surface area contributed by atoms with Gasteiger partial charge in [-0.15, -0.1) is 0 Å². The molecular weight excluding hydrogens is 522 g/mol. The van der Waals surface area contributed by atoms with E-state index in [1.165, 1.54) is 18.0 Å². The number of esters is 1. The molecule has 0 fully saturated rings. The van der Waals surface area contributed by atoms with Crippen molar-refractivity contribution in [3.63, 3.8) is 0 Å². The minimum absolute atomic E-state index is 0.177. The molecule has 4 aromatic rings. The van der Waals surface area contributed by atoms with E-state index in [0.29, 0.717) is 40.4 Å². The number of aryl methyl sites for hydroxylation is 1. The van der Waals surface area contributed by atoms with Crippen molar-refractivity contribution in [2.75, 3.05) is 26.9 Å². The number of ether oxygens (including phenoxy) is 4. The Morgan fingerprint density at radius 1 is 1.02 bits per heavy atom. The molecule has 0 aliphatic heterocycles. The standard InChI is InChI=1S/C32H35N3O6/c1-7-39-28-16-21(5)25(17-24(28)20(3)4)31-34-26-14-10-9-13-23(26)32(37)35(31)33-18-22-12-11-15-27(38-6)30(22)41-19-29(36)40-8-2/h9-18,20H,7-8,19H2,1-6H3. The molecule has 214 valence electrons. The van der Waals surface area contributed by atoms with E-state index in [2.05, 4.69) is 18.9 Å². The SMILES string of the molecule is CCOC(=O)COc1c(C=Nn2c(-c3cc(C(C)C)c(OCC)cc3C)nc3ccccc3c2=O)cccc1OC. The van der Waals surface area contributed by atoms with Gasteiger partial charge in [0.15, 0.2) is 23.9 Å². The van der Waals surface area contributed by atoms with Gasteiger partial charge in [-0.3, -0.25) is 4.79 Å². The van der Waals surface area contributed by atoms with E-state index in [-0.39, 0.29) is 24.7 Å². The number of hydrogen-bond donors (Lipinski definition) is 0. The van der Waals surface area contributed by atoms with E-state index in [1.54, 1.807) is 37.3 Å². The number of aromatic nitrogens is 2. The Kier molecular flexibility index (Phi) is 9.39. The average molecular weight is 558 g/mol. The van der Waals surface area contributed by atoms with Gasteiger partial charge < -0.3 is 18.9 Å². The number of hydrogen-bond acceptors (Lipinski definition) is 8. The van der Waals surface area contributed by atoms with Crippen LogP contribution < -0.4 is 19.8 Å². The minimum Gasteiger partial charge on any atom is -0.494 e. The van der Waals surface area contributed by atoms with Crippen molar-refractivity contribution in [3.05, 3.63) is 81.6 Å². The van der Waals surface area contributed by atoms with Gasteiger partial charge in [0.25, 0.3) is 5.56 Å². The molecule has 0 bridgehead atoms. The van der Waals surface area contributed by atoms with Crippen LogP contribution in [-0.4, -0.2) is 48.8 Å². The molecule has 0 N–H and O–H groups in total. The van der Waals surface area contributed by atoms with Gasteiger partial charge in [-0.2, -0.15) is 9.78 Å². The highest BCUT2D eigenvalue weighted by molar-refractivity contribution is 5.86. The van der Waals surface area contributed by atoms with Crippen molar-refractivity contribution in [1.82, 2.24) is 9.66 Å². The summed E-state index contributed by atoms with van der Waals surface area (Å²) in [5.74, 6) is 1.58. The zero-order valence-electron chi connectivity index (χ0n) is 24.3. The molecule has 9 nitrogen and oxygen atoms in total. The second kappa shape index (κ2) is 13.1. The van der Waals surface area contributed by atoms with E-state index >= 15 is 0 Å². The van der Waals surface area contributed by atoms with Gasteiger partial charge in [-0.1, -0.05) is 32.0 Å². The number of nitrogens with zero attached hydrogens (tertiary/aromatic N) is 3. The Balaban J connectivity index is 1.90. The molecule has 0 unspecified atom stereocenters. The Bertz CT molecular complexity index is 1640. The maximum Gasteiger partial charge on any atom is 0.344 e. The quantitative estimate of drug-likeness (QED) is 0.172. The van der Waals surface area contributed by atoms with E-state index < -0.39 is 5.97 Å². The monoisotopic (exact) mass is 557 g/mol. The average Bonchev–Trinajstić information content (AvgIpc) is 2.96. The van der Waals surface area contributed by atoms with Gasteiger partial charge >= 0.3 is 5.97 Å². The van der Waals surface area contributed by atoms with Crippen LogP contribution in [0.1, 0.15) is 50.3 Å². The van der Waals surface area contributed by atoms with Crippen LogP contribution in [0.5, 0.6) is 17.2 Å². The molecule has 0 saturated heterocycles. The molecule has 0 aliphatic rings. The number of carbonyl (C=O) groups is 1. The van der Waals surface area contributed by atoms with E-state index in [0.717, 1.165) is 22.4 Å². The van der Waals surface area contributed by atoms with Crippen molar-refractivity contribution >= 4 is 23.1 Å². The first-order valence-electron chi connectivity index (χ1n) is 13.6. The highest BCUT2D eigenvalue weighted by Crippen LogP contribution is 2.35. The third kappa shape index (κ3) is 6.40. The molecule has 41 heavy (non-hydrogen) atoms. The highest BCUT2D eigenvalue weighted by Gasteiger charge is 2.19. The van der Waals surface area contributed by atoms with Crippen LogP contribution in [0.3, 0.4) is 0 Å². The third-order valence-corrected chi connectivity index (χ3v) is 6.45. The number of methoxy groups -OCH3 is 1. The van der Waals surface area contributed by atoms with E-state index in [4.69, 9.17) is 23.9 Å². The first-order valence-corrected chi connectivity index (χ1v) is 13.6. The first kappa shape index (κ1) is 29.3. The third-order valence-electron chi connectivity index (χ3n) is 6.45. The number of rotatable bonds is 11. The number of fused-ring (bicyclic) bond motifs is 1. The minimum atomic E-state index is -0.509. The van der Waals surface area contributed by atoms with Crippen LogP contribution >= 0.6 is 0 Å². The second-order valence-corrected chi connectivity index (χ2v) is 9.58. The Morgan fingerprint density at radius 2 is 1.80 bits per heavy atom. The smallest absolute Gasteiger partial charge is 0.344 e. The molecule has 0 atom stereocenters. The van der Waals surface area contributed by atoms with Gasteiger partial charge in [0, 0.05) is 11.1 Å². The normalized spacial score (nSPS) is 11.3. The van der Waals surface area contributed by atoms with Crippen molar-refractivity contribution in [2.24, 2.45) is 5.10 Å². The molecule has 3 aromatic carbocycles. The van der Waals surface area contributed by atoms with Crippen LogP contribution in [0.25, 0.3) is 22.3 Å². The summed E-state index contributed by atoms with van der Waals surface area (Å²) in [6, 6.07) is 16.4. The molecule has 0 amide bonds. The van der Waals surface area contributed by atoms with E-state index in [1.807, 2.05) is 38.1 Å². The summed E-state index contributed by atoms with van der Waals surface area (Å²) in [5, 5.41) is 5.05. The topological polar surface area (TPSA) is 101 Å². The van der Waals surface area contributed by atoms with Crippen molar-refractivity contribution in [2.45, 2.75) is 40.5 Å². The Labute approximate surface area is 239 Å². The van der Waals surface area contributed by atoms with Crippen LogP contribution in [0, 0.1) is 6.92 Å². The lowest BCUT2D eigenvalue weighted by Crippen LogP contribution is -2.21. The molecule has 4 rings (SSSR count). The predicted molar refractivity (Wildman–Crippen MR) is 160 cm³/mol. The fourth-order valence-corrected chi connectivity index (χ4v) is 4.48. The maximum absolute atomic E-state index is 13.8. The van der Waals surface area contributed by atoms with Gasteiger partial charge in [-0.05, 0) is 74.2 Å². The predicted octanol–water partition coefficient (Wildman–Crippen LogP) is 5.73. The summed E-state index contributed by atoms with van der Waals surface area (Å²) >= 11 is 0. The summed E-state index contributed by atoms with van der Waals surface area (Å²) in [5.41, 5.74) is 3.42. The second-order valence-electron chi connectivity index (χ2n) is 9.58. The van der Waals surface area contributed by atoms with Crippen LogP contribution in [0.2, 0.25) is 0 Å². The van der Waals surface area contributed by atoms with Crippen molar-refractivity contribution < 1.29 is 23.7 Å². The maximum atomic E-state index is 13.8. The summed E-state index contributed by atoms with van der Waals surface area (Å²) in [6.45, 7) is 10.3. The molecule has 0 aliphatic carbocycles. The van der Waals surface area contributed by atoms with Crippen LogP contribution in [0.15, 0.2) is 64.5 Å². The highest BCUT2D eigenvalue weighted by atomic mass is 16.6. The zero-order valence-corrected chi connectivity index (χ0v) is 24.3. The Hall–Kier alpha value is -4.66. The first-order chi connectivity index (χ1) is 19.8. The molecule has 1 heterocycles. The van der Waals surface area contributed by atoms with Crippen molar-refractivity contribution in [1.29, 1.82) is 0 Å². The lowest BCUT2D eigenvalue weighted by atomic mass is 9.96. The fourth-order valence-electron chi connectivity index (χ4n) is 4.48. The number of benzene rings is 3. The molecule has 0 radical (unpaired) electrons. The van der Waals surface area contributed by atoms with Crippen LogP contribution in [-0.2, 0) is 9.53 Å². The summed E-state index contributed by atoms with van der Waals surface area (Å²) in [4.78, 5) is 30.7. The molecule has 1 aromatic heterocycles. The Morgan fingerprint density at radius 3 is 2.51 bits per heavy atom. The van der Waals surface area contributed by atoms with Gasteiger partial charge in [-0.25, -0.2) is 9.78 Å². The summed E-state index contributed by atoms with van der Waals surface area (Å²) < 4.78 is 23.4. The molecule has 0 spiro atoms.